The lowest BCUT2D eigenvalue weighted by atomic mass is 10.1. The average Bonchev–Trinajstić information content (AvgIpc) is 2.50. The normalized spacial score (nSPS) is 11.7. The summed E-state index contributed by atoms with van der Waals surface area (Å²) in [6.07, 6.45) is 0.220. The third-order valence-electron chi connectivity index (χ3n) is 2.87. The van der Waals surface area contributed by atoms with Gasteiger partial charge < -0.3 is 18.8 Å². The standard InChI is InChI=1S/C12H13F5O5Si/c1-21-23(19,20)5-3-2-4-22-12(18)6-7(13)9(15)11(17)10(16)8(6)14/h19-20H,2-5H2,1H3. The Morgan fingerprint density at radius 2 is 1.43 bits per heavy atom. The Morgan fingerprint density at radius 3 is 1.91 bits per heavy atom. The maximum absolute atomic E-state index is 13.3. The Labute approximate surface area is 128 Å². The molecule has 0 heterocycles. The van der Waals surface area contributed by atoms with Gasteiger partial charge in [0, 0.05) is 13.2 Å². The molecular formula is C12H13F5O5Si. The maximum atomic E-state index is 13.3. The molecule has 1 aromatic rings. The molecule has 0 fully saturated rings. The van der Waals surface area contributed by atoms with Gasteiger partial charge in [0.05, 0.1) is 6.61 Å². The molecule has 2 N–H and O–H groups in total. The zero-order valence-electron chi connectivity index (χ0n) is 11.8. The van der Waals surface area contributed by atoms with Crippen LogP contribution < -0.4 is 0 Å². The molecule has 1 aromatic carbocycles. The lowest BCUT2D eigenvalue weighted by Crippen LogP contribution is -2.37. The summed E-state index contributed by atoms with van der Waals surface area (Å²) >= 11 is 0. The molecular weight excluding hydrogens is 347 g/mol. The fraction of sp³-hybridized carbons (Fsp3) is 0.417. The number of benzene rings is 1. The van der Waals surface area contributed by atoms with Crippen LogP contribution in [0.4, 0.5) is 22.0 Å². The number of esters is 1. The summed E-state index contributed by atoms with van der Waals surface area (Å²) in [7, 11) is -2.65. The summed E-state index contributed by atoms with van der Waals surface area (Å²) in [5.41, 5.74) is -1.67. The molecule has 1 rings (SSSR count). The molecule has 0 aliphatic heterocycles. The highest BCUT2D eigenvalue weighted by molar-refractivity contribution is 6.57. The molecule has 0 atom stereocenters. The smallest absolute Gasteiger partial charge is 0.462 e. The Morgan fingerprint density at radius 1 is 0.957 bits per heavy atom. The van der Waals surface area contributed by atoms with E-state index in [1.165, 1.54) is 0 Å². The molecule has 0 radical (unpaired) electrons. The minimum Gasteiger partial charge on any atom is -0.462 e. The second-order valence-corrected chi connectivity index (χ2v) is 6.88. The molecule has 0 amide bonds. The van der Waals surface area contributed by atoms with E-state index in [-0.39, 0.29) is 18.9 Å². The van der Waals surface area contributed by atoms with Gasteiger partial charge in [-0.2, -0.15) is 0 Å². The van der Waals surface area contributed by atoms with Crippen LogP contribution in [0.5, 0.6) is 0 Å². The topological polar surface area (TPSA) is 76.0 Å². The molecule has 0 saturated heterocycles. The molecule has 5 nitrogen and oxygen atoms in total. The number of ether oxygens (including phenoxy) is 1. The zero-order chi connectivity index (χ0) is 17.8. The van der Waals surface area contributed by atoms with Gasteiger partial charge >= 0.3 is 14.8 Å². The van der Waals surface area contributed by atoms with E-state index in [0.717, 1.165) is 7.11 Å². The minimum atomic E-state index is -3.76. The Bertz CT molecular complexity index is 567. The van der Waals surface area contributed by atoms with Gasteiger partial charge in [-0.15, -0.1) is 0 Å². The van der Waals surface area contributed by atoms with E-state index in [4.69, 9.17) is 0 Å². The van der Waals surface area contributed by atoms with Crippen LogP contribution in [-0.2, 0) is 9.16 Å². The highest BCUT2D eigenvalue weighted by Crippen LogP contribution is 2.23. The number of carbonyl (C=O) groups is 1. The average molecular weight is 360 g/mol. The van der Waals surface area contributed by atoms with E-state index < -0.39 is 56.0 Å². The van der Waals surface area contributed by atoms with E-state index in [0.29, 0.717) is 0 Å². The van der Waals surface area contributed by atoms with Crippen molar-refractivity contribution in [1.29, 1.82) is 0 Å². The molecule has 11 heteroatoms. The predicted octanol–water partition coefficient (Wildman–Crippen LogP) is 1.89. The van der Waals surface area contributed by atoms with E-state index in [9.17, 15) is 36.3 Å². The number of hydrogen-bond acceptors (Lipinski definition) is 5. The Hall–Kier alpha value is -1.56. The summed E-state index contributed by atoms with van der Waals surface area (Å²) in [4.78, 5) is 29.9. The monoisotopic (exact) mass is 360 g/mol. The summed E-state index contributed by atoms with van der Waals surface area (Å²) in [6, 6.07) is -0.108. The van der Waals surface area contributed by atoms with E-state index in [1.54, 1.807) is 0 Å². The van der Waals surface area contributed by atoms with Crippen LogP contribution in [0.2, 0.25) is 6.04 Å². The molecule has 0 aliphatic rings. The van der Waals surface area contributed by atoms with Gasteiger partial charge in [-0.3, -0.25) is 0 Å². The van der Waals surface area contributed by atoms with Crippen molar-refractivity contribution < 1.29 is 45.5 Å². The van der Waals surface area contributed by atoms with E-state index in [1.807, 2.05) is 0 Å². The highest BCUT2D eigenvalue weighted by atomic mass is 28.4. The van der Waals surface area contributed by atoms with Gasteiger partial charge in [0.2, 0.25) is 5.82 Å². The summed E-state index contributed by atoms with van der Waals surface area (Å²) in [5.74, 6) is -13.1. The Balaban J connectivity index is 2.67. The van der Waals surface area contributed by atoms with Crippen molar-refractivity contribution in [3.8, 4) is 0 Å². The quantitative estimate of drug-likeness (QED) is 0.194. The van der Waals surface area contributed by atoms with Crippen LogP contribution in [0.3, 0.4) is 0 Å². The molecule has 23 heavy (non-hydrogen) atoms. The van der Waals surface area contributed by atoms with Gasteiger partial charge in [0.25, 0.3) is 0 Å². The van der Waals surface area contributed by atoms with Gasteiger partial charge in [0.1, 0.15) is 5.56 Å². The molecule has 0 saturated carbocycles. The first-order chi connectivity index (χ1) is 10.6. The van der Waals surface area contributed by atoms with Crippen LogP contribution in [0.15, 0.2) is 0 Å². The fourth-order valence-electron chi connectivity index (χ4n) is 1.58. The van der Waals surface area contributed by atoms with Gasteiger partial charge in [-0.1, -0.05) is 0 Å². The predicted molar refractivity (Wildman–Crippen MR) is 67.8 cm³/mol. The number of hydrogen-bond donors (Lipinski definition) is 2. The number of rotatable bonds is 7. The summed E-state index contributed by atoms with van der Waals surface area (Å²) in [5, 5.41) is 0. The third kappa shape index (κ3) is 4.70. The second kappa shape index (κ2) is 7.81. The first-order valence-electron chi connectivity index (χ1n) is 6.30. The minimum absolute atomic E-state index is 0.0698. The summed E-state index contributed by atoms with van der Waals surface area (Å²) < 4.78 is 74.2. The van der Waals surface area contributed by atoms with E-state index in [2.05, 4.69) is 9.16 Å². The lowest BCUT2D eigenvalue weighted by molar-refractivity contribution is 0.0484. The van der Waals surface area contributed by atoms with Crippen molar-refractivity contribution in [2.75, 3.05) is 13.7 Å². The van der Waals surface area contributed by atoms with Crippen molar-refractivity contribution in [1.82, 2.24) is 0 Å². The number of carbonyl (C=O) groups excluding carboxylic acids is 1. The third-order valence-corrected chi connectivity index (χ3v) is 4.53. The largest absolute Gasteiger partial charge is 0.495 e. The van der Waals surface area contributed by atoms with Crippen molar-refractivity contribution >= 4 is 14.8 Å². The fourth-order valence-corrected chi connectivity index (χ4v) is 2.50. The van der Waals surface area contributed by atoms with Crippen molar-refractivity contribution in [2.24, 2.45) is 0 Å². The molecule has 130 valence electrons. The first kappa shape index (κ1) is 19.5. The zero-order valence-corrected chi connectivity index (χ0v) is 12.8. The van der Waals surface area contributed by atoms with Crippen LogP contribution in [-0.4, -0.2) is 38.1 Å². The lowest BCUT2D eigenvalue weighted by Gasteiger charge is -2.14. The van der Waals surface area contributed by atoms with Crippen LogP contribution >= 0.6 is 0 Å². The van der Waals surface area contributed by atoms with Crippen molar-refractivity contribution in [3.63, 3.8) is 0 Å². The number of halogens is 5. The van der Waals surface area contributed by atoms with Crippen LogP contribution in [0.25, 0.3) is 0 Å². The van der Waals surface area contributed by atoms with Gasteiger partial charge in [-0.05, 0) is 12.8 Å². The maximum Gasteiger partial charge on any atom is 0.495 e. The van der Waals surface area contributed by atoms with Crippen LogP contribution in [0, 0.1) is 29.1 Å². The molecule has 0 aliphatic carbocycles. The molecule has 0 unspecified atom stereocenters. The molecule has 0 aromatic heterocycles. The van der Waals surface area contributed by atoms with Crippen molar-refractivity contribution in [2.45, 2.75) is 18.9 Å². The van der Waals surface area contributed by atoms with Gasteiger partial charge in [-0.25, -0.2) is 26.7 Å². The Kier molecular flexibility index (Phi) is 6.62. The molecule has 0 spiro atoms. The van der Waals surface area contributed by atoms with E-state index >= 15 is 0 Å². The SMILES string of the molecule is CO[Si](O)(O)CCCCOC(=O)c1c(F)c(F)c(F)c(F)c1F. The summed E-state index contributed by atoms with van der Waals surface area (Å²) in [6.45, 7) is -0.410. The highest BCUT2D eigenvalue weighted by Gasteiger charge is 2.31. The second-order valence-electron chi connectivity index (χ2n) is 4.49. The first-order valence-corrected chi connectivity index (χ1v) is 8.31. The van der Waals surface area contributed by atoms with Gasteiger partial charge in [0.15, 0.2) is 23.3 Å². The van der Waals surface area contributed by atoms with Crippen LogP contribution in [0.1, 0.15) is 23.2 Å². The number of unbranched alkanes of at least 4 members (excludes halogenated alkanes) is 1. The molecule has 0 bridgehead atoms. The van der Waals surface area contributed by atoms with Crippen molar-refractivity contribution in [3.05, 3.63) is 34.6 Å².